The van der Waals surface area contributed by atoms with E-state index in [9.17, 15) is 21.0 Å². The van der Waals surface area contributed by atoms with Crippen LogP contribution in [0.25, 0.3) is 11.1 Å². The van der Waals surface area contributed by atoms with Gasteiger partial charge in [-0.25, -0.2) is 0 Å². The molecule has 6 N–H and O–H groups in total. The largest absolute Gasteiger partial charge is 0.399 e. The number of nitrogens with two attached hydrogens (primary N) is 3. The summed E-state index contributed by atoms with van der Waals surface area (Å²) in [7, 11) is 0. The van der Waals surface area contributed by atoms with Crippen molar-refractivity contribution >= 4 is 28.2 Å². The molecule has 1 aliphatic carbocycles. The first-order valence-corrected chi connectivity index (χ1v) is 12.7. The minimum Gasteiger partial charge on any atom is -0.399 e. The number of benzene rings is 4. The van der Waals surface area contributed by atoms with Gasteiger partial charge in [-0.3, -0.25) is 0 Å². The second kappa shape index (κ2) is 10.5. The maximum absolute atomic E-state index is 10.4. The average Bonchev–Trinajstić information content (AvgIpc) is 3.00. The van der Waals surface area contributed by atoms with Gasteiger partial charge in [-0.1, -0.05) is 48.6 Å². The minimum atomic E-state index is -1.13. The molecule has 1 unspecified atom stereocenters. The van der Waals surface area contributed by atoms with Gasteiger partial charge < -0.3 is 17.2 Å². The summed E-state index contributed by atoms with van der Waals surface area (Å²) in [5.74, 6) is 0. The molecule has 0 aromatic heterocycles. The quantitative estimate of drug-likeness (QED) is 0.281. The van der Waals surface area contributed by atoms with Crippen molar-refractivity contribution < 1.29 is 0 Å². The van der Waals surface area contributed by atoms with Crippen LogP contribution in [0.15, 0.2) is 91.0 Å². The van der Waals surface area contributed by atoms with Gasteiger partial charge >= 0.3 is 0 Å². The van der Waals surface area contributed by atoms with Crippen LogP contribution in [0.1, 0.15) is 50.9 Å². The average molecular weight is 530 g/mol. The summed E-state index contributed by atoms with van der Waals surface area (Å²) in [5.41, 5.74) is 23.3. The third kappa shape index (κ3) is 4.62. The van der Waals surface area contributed by atoms with E-state index >= 15 is 0 Å². The van der Waals surface area contributed by atoms with Crippen molar-refractivity contribution in [3.8, 4) is 24.3 Å². The van der Waals surface area contributed by atoms with E-state index in [1.807, 2.05) is 54.6 Å². The van der Waals surface area contributed by atoms with Crippen LogP contribution in [-0.4, -0.2) is 0 Å². The zero-order valence-corrected chi connectivity index (χ0v) is 21.9. The minimum absolute atomic E-state index is 0.0268. The molecule has 1 atom stereocenters. The first-order chi connectivity index (χ1) is 19.8. The molecule has 4 aromatic carbocycles. The summed E-state index contributed by atoms with van der Waals surface area (Å²) in [4.78, 5) is 0. The van der Waals surface area contributed by atoms with Gasteiger partial charge in [0.25, 0.3) is 0 Å². The molecule has 7 heteroatoms. The Morgan fingerprint density at radius 3 is 1.51 bits per heavy atom. The molecule has 0 bridgehead atoms. The standard InChI is InChI=1S/C34H23N7/c35-17-25-14-26(18-36)32(20-38)33(31(25)19-37)34(27-5-11-30(41)12-6-27)15-23(21-1-7-28(39)8-2-21)13-24(16-34)22-3-9-29(40)10-4-22/h1-15H,16,39-41H2. The van der Waals surface area contributed by atoms with Crippen molar-refractivity contribution in [2.75, 3.05) is 17.2 Å². The SMILES string of the molecule is N#Cc1cc(C#N)c(C#N)c(C2(c3ccc(N)cc3)C=C(c3ccc(N)cc3)C=C(c3ccc(N)cc3)C2)c1C#N. The van der Waals surface area contributed by atoms with Crippen molar-refractivity contribution in [2.24, 2.45) is 0 Å². The van der Waals surface area contributed by atoms with E-state index < -0.39 is 5.41 Å². The Bertz CT molecular complexity index is 1850. The second-order valence-corrected chi connectivity index (χ2v) is 9.83. The molecule has 0 radical (unpaired) electrons. The van der Waals surface area contributed by atoms with Crippen LogP contribution >= 0.6 is 0 Å². The van der Waals surface area contributed by atoms with Crippen LogP contribution in [0.4, 0.5) is 17.1 Å². The van der Waals surface area contributed by atoms with Crippen molar-refractivity contribution in [2.45, 2.75) is 11.8 Å². The monoisotopic (exact) mass is 529 g/mol. The van der Waals surface area contributed by atoms with E-state index in [2.05, 4.69) is 30.4 Å². The first-order valence-electron chi connectivity index (χ1n) is 12.7. The van der Waals surface area contributed by atoms with Crippen LogP contribution in [0.2, 0.25) is 0 Å². The van der Waals surface area contributed by atoms with E-state index in [-0.39, 0.29) is 22.3 Å². The Morgan fingerprint density at radius 1 is 0.585 bits per heavy atom. The number of hydrogen-bond donors (Lipinski definition) is 3. The van der Waals surface area contributed by atoms with Gasteiger partial charge in [0.2, 0.25) is 0 Å². The van der Waals surface area contributed by atoms with Gasteiger partial charge in [-0.2, -0.15) is 21.0 Å². The Balaban J connectivity index is 1.96. The maximum atomic E-state index is 10.4. The topological polar surface area (TPSA) is 173 Å². The highest BCUT2D eigenvalue weighted by molar-refractivity contribution is 5.90. The molecule has 7 nitrogen and oxygen atoms in total. The molecular formula is C34H23N7. The smallest absolute Gasteiger partial charge is 0.101 e. The molecule has 1 aliphatic rings. The third-order valence-electron chi connectivity index (χ3n) is 7.39. The number of hydrogen-bond acceptors (Lipinski definition) is 7. The number of nitrogens with zero attached hydrogens (tertiary/aromatic N) is 4. The molecule has 4 aromatic rings. The predicted molar refractivity (Wildman–Crippen MR) is 159 cm³/mol. The van der Waals surface area contributed by atoms with Gasteiger partial charge in [-0.05, 0) is 76.7 Å². The van der Waals surface area contributed by atoms with Crippen LogP contribution in [0, 0.1) is 45.3 Å². The molecule has 5 rings (SSSR count). The zero-order chi connectivity index (χ0) is 29.1. The number of rotatable bonds is 4. The normalized spacial score (nSPS) is 15.8. The van der Waals surface area contributed by atoms with Crippen molar-refractivity contribution in [3.05, 3.63) is 136 Å². The van der Waals surface area contributed by atoms with Crippen LogP contribution < -0.4 is 17.2 Å². The molecular weight excluding hydrogens is 506 g/mol. The Kier molecular flexibility index (Phi) is 6.72. The van der Waals surface area contributed by atoms with E-state index in [1.165, 1.54) is 6.07 Å². The van der Waals surface area contributed by atoms with Crippen molar-refractivity contribution in [1.29, 1.82) is 21.0 Å². The van der Waals surface area contributed by atoms with Gasteiger partial charge in [0.15, 0.2) is 0 Å². The summed E-state index contributed by atoms with van der Waals surface area (Å²) in [5, 5.41) is 40.8. The van der Waals surface area contributed by atoms with E-state index in [0.717, 1.165) is 27.8 Å². The lowest BCUT2D eigenvalue weighted by Crippen LogP contribution is -2.31. The summed E-state index contributed by atoms with van der Waals surface area (Å²) in [6, 6.07) is 31.9. The third-order valence-corrected chi connectivity index (χ3v) is 7.39. The van der Waals surface area contributed by atoms with Gasteiger partial charge in [-0.15, -0.1) is 0 Å². The lowest BCUT2D eigenvalue weighted by molar-refractivity contribution is 0.655. The Hall–Kier alpha value is -6.28. The number of nitrogen functional groups attached to an aromatic ring is 3. The fourth-order valence-electron chi connectivity index (χ4n) is 5.43. The summed E-state index contributed by atoms with van der Waals surface area (Å²) >= 11 is 0. The lowest BCUT2D eigenvalue weighted by Gasteiger charge is -2.38. The highest BCUT2D eigenvalue weighted by atomic mass is 14.6. The highest BCUT2D eigenvalue weighted by Crippen LogP contribution is 2.50. The summed E-state index contributed by atoms with van der Waals surface area (Å²) in [6.45, 7) is 0. The van der Waals surface area contributed by atoms with Crippen LogP contribution in [0.3, 0.4) is 0 Å². The molecule has 0 aliphatic heterocycles. The van der Waals surface area contributed by atoms with Gasteiger partial charge in [0.05, 0.1) is 22.3 Å². The molecule has 0 amide bonds. The number of anilines is 3. The fraction of sp³-hybridized carbons (Fsp3) is 0.0588. The fourth-order valence-corrected chi connectivity index (χ4v) is 5.43. The molecule has 0 saturated heterocycles. The molecule has 41 heavy (non-hydrogen) atoms. The van der Waals surface area contributed by atoms with Gasteiger partial charge in [0, 0.05) is 28.0 Å². The zero-order valence-electron chi connectivity index (χ0n) is 21.9. The second-order valence-electron chi connectivity index (χ2n) is 9.83. The predicted octanol–water partition coefficient (Wildman–Crippen LogP) is 5.78. The van der Waals surface area contributed by atoms with Crippen LogP contribution in [0.5, 0.6) is 0 Å². The Morgan fingerprint density at radius 2 is 1.05 bits per heavy atom. The van der Waals surface area contributed by atoms with Crippen molar-refractivity contribution in [1.82, 2.24) is 0 Å². The van der Waals surface area contributed by atoms with Crippen LogP contribution in [-0.2, 0) is 5.41 Å². The van der Waals surface area contributed by atoms with Crippen molar-refractivity contribution in [3.63, 3.8) is 0 Å². The summed E-state index contributed by atoms with van der Waals surface area (Å²) < 4.78 is 0. The van der Waals surface area contributed by atoms with E-state index in [1.54, 1.807) is 24.3 Å². The lowest BCUT2D eigenvalue weighted by atomic mass is 9.63. The molecule has 0 heterocycles. The van der Waals surface area contributed by atoms with E-state index in [4.69, 9.17) is 17.2 Å². The Labute approximate surface area is 237 Å². The van der Waals surface area contributed by atoms with Gasteiger partial charge in [0.1, 0.15) is 24.3 Å². The highest BCUT2D eigenvalue weighted by Gasteiger charge is 2.41. The maximum Gasteiger partial charge on any atom is 0.101 e. The molecule has 0 spiro atoms. The number of nitriles is 4. The molecule has 0 saturated carbocycles. The number of allylic oxidation sites excluding steroid dienone is 4. The summed E-state index contributed by atoms with van der Waals surface area (Å²) in [6.07, 6.45) is 4.39. The molecule has 0 fully saturated rings. The first kappa shape index (κ1) is 26.3. The molecule has 194 valence electrons. The van der Waals surface area contributed by atoms with E-state index in [0.29, 0.717) is 29.0 Å².